The summed E-state index contributed by atoms with van der Waals surface area (Å²) in [5.41, 5.74) is 2.37. The van der Waals surface area contributed by atoms with E-state index in [0.29, 0.717) is 6.54 Å². The second kappa shape index (κ2) is 8.77. The third-order valence-electron chi connectivity index (χ3n) is 3.95. The number of hydrogen-bond donors (Lipinski definition) is 1. The topological polar surface area (TPSA) is 45.2 Å². The van der Waals surface area contributed by atoms with Crippen LogP contribution in [0.15, 0.2) is 54.9 Å². The van der Waals surface area contributed by atoms with Crippen LogP contribution in [0.25, 0.3) is 0 Å². The van der Waals surface area contributed by atoms with Gasteiger partial charge in [-0.05, 0) is 36.1 Å². The number of pyridine rings is 1. The van der Waals surface area contributed by atoms with Gasteiger partial charge >= 0.3 is 0 Å². The largest absolute Gasteiger partial charge is 0.348 e. The van der Waals surface area contributed by atoms with E-state index in [0.717, 1.165) is 18.5 Å². The first-order chi connectivity index (χ1) is 11.8. The number of nitrogens with one attached hydrogen (secondary N) is 1. The molecule has 1 aromatic heterocycles. The van der Waals surface area contributed by atoms with Gasteiger partial charge in [0.25, 0.3) is 0 Å². The third-order valence-corrected chi connectivity index (χ3v) is 3.95. The molecule has 2 aromatic rings. The second-order valence-electron chi connectivity index (χ2n) is 7.83. The van der Waals surface area contributed by atoms with Crippen molar-refractivity contribution in [3.8, 4) is 0 Å². The van der Waals surface area contributed by atoms with Crippen molar-refractivity contribution in [3.63, 3.8) is 0 Å². The number of carbonyl (C=O) groups is 1. The molecule has 0 bridgehead atoms. The second-order valence-corrected chi connectivity index (χ2v) is 7.83. The van der Waals surface area contributed by atoms with Gasteiger partial charge in [0, 0.05) is 18.9 Å². The molecule has 1 amide bonds. The highest BCUT2D eigenvalue weighted by Gasteiger charge is 2.22. The van der Waals surface area contributed by atoms with Gasteiger partial charge in [-0.25, -0.2) is 0 Å². The molecule has 4 nitrogen and oxygen atoms in total. The van der Waals surface area contributed by atoms with E-state index in [1.165, 1.54) is 5.56 Å². The number of benzene rings is 1. The third kappa shape index (κ3) is 7.06. The zero-order valence-electron chi connectivity index (χ0n) is 15.7. The summed E-state index contributed by atoms with van der Waals surface area (Å²) in [6, 6.07) is 14.1. The molecule has 0 saturated carbocycles. The number of nitrogens with zero attached hydrogens (tertiary/aromatic N) is 2. The fraction of sp³-hybridized carbons (Fsp3) is 0.429. The van der Waals surface area contributed by atoms with Crippen molar-refractivity contribution in [2.24, 2.45) is 5.41 Å². The van der Waals surface area contributed by atoms with E-state index in [9.17, 15) is 4.79 Å². The zero-order chi connectivity index (χ0) is 18.3. The Morgan fingerprint density at radius 3 is 2.48 bits per heavy atom. The van der Waals surface area contributed by atoms with Gasteiger partial charge in [-0.1, -0.05) is 57.2 Å². The van der Waals surface area contributed by atoms with E-state index in [1.807, 2.05) is 48.5 Å². The molecule has 134 valence electrons. The first-order valence-corrected chi connectivity index (χ1v) is 8.75. The molecule has 1 aromatic carbocycles. The highest BCUT2D eigenvalue weighted by molar-refractivity contribution is 5.78. The Morgan fingerprint density at radius 2 is 1.88 bits per heavy atom. The first kappa shape index (κ1) is 19.1. The normalized spacial score (nSPS) is 12.8. The van der Waals surface area contributed by atoms with Gasteiger partial charge in [0.1, 0.15) is 0 Å². The number of amides is 1. The van der Waals surface area contributed by atoms with Crippen LogP contribution in [0.1, 0.15) is 44.4 Å². The lowest BCUT2D eigenvalue weighted by Crippen LogP contribution is -2.38. The maximum Gasteiger partial charge on any atom is 0.234 e. The van der Waals surface area contributed by atoms with Crippen LogP contribution in [0.2, 0.25) is 0 Å². The molecule has 0 radical (unpaired) electrons. The molecule has 0 saturated heterocycles. The molecule has 2 rings (SSSR count). The molecule has 1 heterocycles. The molecule has 4 heteroatoms. The van der Waals surface area contributed by atoms with Crippen LogP contribution in [0, 0.1) is 5.41 Å². The molecule has 1 unspecified atom stereocenters. The molecular formula is C21H29N3O. The molecule has 0 spiro atoms. The lowest BCUT2D eigenvalue weighted by Gasteiger charge is -2.28. The van der Waals surface area contributed by atoms with Crippen LogP contribution >= 0.6 is 0 Å². The van der Waals surface area contributed by atoms with Crippen LogP contribution in [-0.2, 0) is 11.3 Å². The number of rotatable bonds is 7. The molecule has 0 aliphatic carbocycles. The van der Waals surface area contributed by atoms with E-state index < -0.39 is 0 Å². The van der Waals surface area contributed by atoms with Gasteiger partial charge in [0.05, 0.1) is 12.6 Å². The molecular weight excluding hydrogens is 310 g/mol. The van der Waals surface area contributed by atoms with E-state index in [1.54, 1.807) is 6.20 Å². The van der Waals surface area contributed by atoms with Gasteiger partial charge < -0.3 is 5.32 Å². The Balaban J connectivity index is 1.96. The summed E-state index contributed by atoms with van der Waals surface area (Å²) in [5.74, 6) is 0.0385. The number of aromatic nitrogens is 1. The van der Waals surface area contributed by atoms with Crippen LogP contribution in [0.3, 0.4) is 0 Å². The predicted octanol–water partition coefficient (Wildman–Crippen LogP) is 3.81. The fourth-order valence-electron chi connectivity index (χ4n) is 2.88. The quantitative estimate of drug-likeness (QED) is 0.834. The summed E-state index contributed by atoms with van der Waals surface area (Å²) in [5, 5.41) is 3.19. The van der Waals surface area contributed by atoms with Gasteiger partial charge in [-0.2, -0.15) is 0 Å². The monoisotopic (exact) mass is 339 g/mol. The average Bonchev–Trinajstić information content (AvgIpc) is 2.54. The summed E-state index contributed by atoms with van der Waals surface area (Å²) in [7, 11) is 1.97. The van der Waals surface area contributed by atoms with Gasteiger partial charge in [-0.15, -0.1) is 0 Å². The minimum Gasteiger partial charge on any atom is -0.348 e. The Bertz CT molecular complexity index is 650. The van der Waals surface area contributed by atoms with Gasteiger partial charge in [-0.3, -0.25) is 14.7 Å². The van der Waals surface area contributed by atoms with Crippen LogP contribution < -0.4 is 5.32 Å². The van der Waals surface area contributed by atoms with Crippen molar-refractivity contribution < 1.29 is 4.79 Å². The van der Waals surface area contributed by atoms with Crippen molar-refractivity contribution in [3.05, 3.63) is 66.0 Å². The molecule has 0 aliphatic rings. The molecule has 0 aliphatic heterocycles. The van der Waals surface area contributed by atoms with Gasteiger partial charge in [0.15, 0.2) is 0 Å². The van der Waals surface area contributed by atoms with E-state index in [4.69, 9.17) is 0 Å². The SMILES string of the molecule is CN(CC(=O)NC(CC(C)(C)C)c1cccnc1)Cc1ccccc1. The lowest BCUT2D eigenvalue weighted by atomic mass is 9.86. The summed E-state index contributed by atoms with van der Waals surface area (Å²) in [6.07, 6.45) is 4.46. The maximum atomic E-state index is 12.5. The summed E-state index contributed by atoms with van der Waals surface area (Å²) in [6.45, 7) is 7.68. The van der Waals surface area contributed by atoms with Crippen LogP contribution in [-0.4, -0.2) is 29.4 Å². The smallest absolute Gasteiger partial charge is 0.234 e. The van der Waals surface area contributed by atoms with Crippen molar-refractivity contribution in [2.75, 3.05) is 13.6 Å². The molecule has 0 fully saturated rings. The molecule has 1 N–H and O–H groups in total. The minimum absolute atomic E-state index is 0.0219. The van der Waals surface area contributed by atoms with Crippen LogP contribution in [0.4, 0.5) is 0 Å². The Hall–Kier alpha value is -2.20. The minimum atomic E-state index is -0.0219. The number of likely N-dealkylation sites (N-methyl/N-ethyl adjacent to an activating group) is 1. The van der Waals surface area contributed by atoms with E-state index in [-0.39, 0.29) is 17.4 Å². The number of hydrogen-bond acceptors (Lipinski definition) is 3. The summed E-state index contributed by atoms with van der Waals surface area (Å²) >= 11 is 0. The standard InChI is InChI=1S/C21H29N3O/c1-21(2,3)13-19(18-11-8-12-22-14-18)23-20(25)16-24(4)15-17-9-6-5-7-10-17/h5-12,14,19H,13,15-16H2,1-4H3,(H,23,25). The first-order valence-electron chi connectivity index (χ1n) is 8.75. The van der Waals surface area contributed by atoms with E-state index >= 15 is 0 Å². The Morgan fingerprint density at radius 1 is 1.16 bits per heavy atom. The van der Waals surface area contributed by atoms with Crippen LogP contribution in [0.5, 0.6) is 0 Å². The number of carbonyl (C=O) groups excluding carboxylic acids is 1. The summed E-state index contributed by atoms with van der Waals surface area (Å²) in [4.78, 5) is 18.8. The van der Waals surface area contributed by atoms with E-state index in [2.05, 4.69) is 43.2 Å². The van der Waals surface area contributed by atoms with Crippen molar-refractivity contribution in [2.45, 2.75) is 39.8 Å². The molecule has 25 heavy (non-hydrogen) atoms. The maximum absolute atomic E-state index is 12.5. The van der Waals surface area contributed by atoms with Crippen molar-refractivity contribution in [1.29, 1.82) is 0 Å². The molecule has 1 atom stereocenters. The average molecular weight is 339 g/mol. The zero-order valence-corrected chi connectivity index (χ0v) is 15.7. The Kier molecular flexibility index (Phi) is 6.71. The highest BCUT2D eigenvalue weighted by atomic mass is 16.2. The Labute approximate surface area is 151 Å². The predicted molar refractivity (Wildman–Crippen MR) is 102 cm³/mol. The van der Waals surface area contributed by atoms with Gasteiger partial charge in [0.2, 0.25) is 5.91 Å². The fourth-order valence-corrected chi connectivity index (χ4v) is 2.88. The lowest BCUT2D eigenvalue weighted by molar-refractivity contribution is -0.123. The van der Waals surface area contributed by atoms with Crippen molar-refractivity contribution >= 4 is 5.91 Å². The van der Waals surface area contributed by atoms with Crippen molar-refractivity contribution in [1.82, 2.24) is 15.2 Å². The highest BCUT2D eigenvalue weighted by Crippen LogP contribution is 2.29. The summed E-state index contributed by atoms with van der Waals surface area (Å²) < 4.78 is 0.